The topological polar surface area (TPSA) is 155 Å². The molecule has 2 saturated heterocycles. The van der Waals surface area contributed by atoms with Gasteiger partial charge in [-0.05, 0) is 49.1 Å². The van der Waals surface area contributed by atoms with Crippen LogP contribution in [0.5, 0.6) is 0 Å². The van der Waals surface area contributed by atoms with E-state index in [9.17, 15) is 19.3 Å². The zero-order valence-electron chi connectivity index (χ0n) is 44.3. The average molecular weight is 713 g/mol. The lowest BCUT2D eigenvalue weighted by Gasteiger charge is -2.43. The van der Waals surface area contributed by atoms with E-state index < -0.39 is 90.6 Å². The minimum atomic E-state index is -5.37. The normalized spacial score (nSPS) is 35.1. The molecule has 5 N–H and O–H groups in total. The van der Waals surface area contributed by atoms with Crippen molar-refractivity contribution in [3.05, 3.63) is 71.8 Å². The third-order valence-corrected chi connectivity index (χ3v) is 10.7. The molecule has 0 aliphatic carbocycles. The van der Waals surface area contributed by atoms with Crippen molar-refractivity contribution in [1.82, 2.24) is 19.3 Å². The quantitative estimate of drug-likeness (QED) is 0.189. The molecule has 4 atom stereocenters. The summed E-state index contributed by atoms with van der Waals surface area (Å²) in [6.07, 6.45) is -0.229. The molecule has 2 aliphatic rings. The Labute approximate surface area is 300 Å². The van der Waals surface area contributed by atoms with Crippen molar-refractivity contribution < 1.29 is 66.0 Å². The monoisotopic (exact) mass is 712 g/mol. The van der Waals surface area contributed by atoms with E-state index in [0.717, 1.165) is 10.2 Å². The van der Waals surface area contributed by atoms with E-state index in [1.807, 2.05) is 37.3 Å². The van der Waals surface area contributed by atoms with Crippen molar-refractivity contribution in [1.29, 1.82) is 0 Å². The van der Waals surface area contributed by atoms with Gasteiger partial charge in [-0.3, -0.25) is 9.13 Å². The van der Waals surface area contributed by atoms with Gasteiger partial charge < -0.3 is 34.8 Å². The molecule has 0 spiro atoms. The summed E-state index contributed by atoms with van der Waals surface area (Å²) < 4.78 is 185. The summed E-state index contributed by atoms with van der Waals surface area (Å²) in [4.78, 5) is 0. The van der Waals surface area contributed by atoms with E-state index in [-0.39, 0.29) is 25.4 Å². The van der Waals surface area contributed by atoms with E-state index in [0.29, 0.717) is 12.1 Å². The van der Waals surface area contributed by atoms with Gasteiger partial charge in [0.2, 0.25) is 0 Å². The lowest BCUT2D eigenvalue weighted by Crippen LogP contribution is -2.40. The highest BCUT2D eigenvalue weighted by atomic mass is 35.7. The second kappa shape index (κ2) is 21.6. The standard InChI is InChI=1S/C15H25N2O4P.C11H15ClNO2P.C4H11NO2/c1-14(15-6-3-2-4-7-15)17-8-5-13-21-22(17,20)16(9-11-18)10-12-19;1-10(11-6-3-2-4-7-11)13-8-5-9-15-16(13,12)14;6-3-1-5-2-4-7/h2-4,6-7,14,18-19H,5,8-13H2,1H3;2-4,6-7,10H,5,8-9H2,1H3;5-7H,1-4H2/i9D2,10D2,11D2,12D2,13D2;9D2;1D2,2D2,3D2,4D2. The van der Waals surface area contributed by atoms with Gasteiger partial charge >= 0.3 is 14.5 Å². The van der Waals surface area contributed by atoms with Gasteiger partial charge in [0.05, 0.1) is 55.8 Å². The summed E-state index contributed by atoms with van der Waals surface area (Å²) >= 11 is 5.89. The summed E-state index contributed by atoms with van der Waals surface area (Å²) in [5.41, 5.74) is 1.46. The lowest BCUT2D eigenvalue weighted by molar-refractivity contribution is 0.126. The van der Waals surface area contributed by atoms with Crippen molar-refractivity contribution in [2.24, 2.45) is 0 Å². The van der Waals surface area contributed by atoms with Gasteiger partial charge in [0.25, 0.3) is 0 Å². The van der Waals surface area contributed by atoms with Crippen LogP contribution in [0, 0.1) is 0 Å². The zero-order chi connectivity index (χ0) is 51.1. The Hall–Kier alpha value is -1.21. The molecule has 12 nitrogen and oxygen atoms in total. The largest absolute Gasteiger partial charge is 0.395 e. The molecule has 0 radical (unpaired) electrons. The fourth-order valence-electron chi connectivity index (χ4n) is 4.04. The summed E-state index contributed by atoms with van der Waals surface area (Å²) in [5, 5.41) is 38.3. The molecule has 15 heteroatoms. The molecule has 0 aromatic heterocycles. The van der Waals surface area contributed by atoms with Crippen molar-refractivity contribution in [2.75, 3.05) is 78.4 Å². The molecule has 4 rings (SSSR count). The highest BCUT2D eigenvalue weighted by molar-refractivity contribution is 7.83. The second-order valence-electron chi connectivity index (χ2n) is 8.77. The summed E-state index contributed by atoms with van der Waals surface area (Å²) in [7, 11) is -5.37. The lowest BCUT2D eigenvalue weighted by atomic mass is 10.1. The first kappa shape index (κ1) is 19.1. The van der Waals surface area contributed by atoms with Crippen molar-refractivity contribution in [3.8, 4) is 0 Å². The molecule has 256 valence electrons. The van der Waals surface area contributed by atoms with Crippen molar-refractivity contribution in [2.45, 2.75) is 38.8 Å². The number of benzene rings is 2. The number of rotatable bonds is 13. The number of aliphatic hydroxyl groups is 4. The first-order valence-electron chi connectivity index (χ1n) is 23.2. The number of hydrogen-bond acceptors (Lipinski definition) is 9. The molecular formula is C30H51ClN4O8P2. The fraction of sp³-hybridized carbons (Fsp3) is 0.600. The van der Waals surface area contributed by atoms with E-state index >= 15 is 0 Å². The van der Waals surface area contributed by atoms with Gasteiger partial charge in [-0.1, -0.05) is 60.7 Å². The molecule has 0 bridgehead atoms. The van der Waals surface area contributed by atoms with Crippen LogP contribution >= 0.6 is 25.8 Å². The van der Waals surface area contributed by atoms with Crippen LogP contribution in [-0.2, 0) is 18.2 Å². The third-order valence-electron chi connectivity index (χ3n) is 6.14. The Kier molecular flexibility index (Phi) is 9.18. The average Bonchev–Trinajstić information content (AvgIpc) is 3.08. The Morgan fingerprint density at radius 1 is 0.822 bits per heavy atom. The van der Waals surface area contributed by atoms with Crippen LogP contribution < -0.4 is 5.32 Å². The molecule has 0 amide bonds. The molecule has 4 unspecified atom stereocenters. The van der Waals surface area contributed by atoms with E-state index in [1.54, 1.807) is 30.3 Å². The predicted molar refractivity (Wildman–Crippen MR) is 178 cm³/mol. The van der Waals surface area contributed by atoms with Crippen LogP contribution in [0.2, 0.25) is 0 Å². The summed E-state index contributed by atoms with van der Waals surface area (Å²) in [6.45, 7) is -34.1. The van der Waals surface area contributed by atoms with Gasteiger partial charge in [-0.15, -0.1) is 0 Å². The summed E-state index contributed by atoms with van der Waals surface area (Å²) in [5.74, 6) is 0. The molecule has 2 aromatic carbocycles. The van der Waals surface area contributed by atoms with Gasteiger partial charge in [-0.25, -0.2) is 14.0 Å². The first-order valence-corrected chi connectivity index (χ1v) is 17.2. The van der Waals surface area contributed by atoms with Gasteiger partial charge in [0.15, 0.2) is 0 Å². The maximum absolute atomic E-state index is 14.2. The number of nitrogens with one attached hydrogen (secondary N) is 1. The van der Waals surface area contributed by atoms with Crippen molar-refractivity contribution >= 4 is 25.8 Å². The Morgan fingerprint density at radius 3 is 1.71 bits per heavy atom. The second-order valence-corrected chi connectivity index (χ2v) is 13.7. The maximum Gasteiger partial charge on any atom is 0.363 e. The molecule has 45 heavy (non-hydrogen) atoms. The molecule has 2 heterocycles. The van der Waals surface area contributed by atoms with Crippen LogP contribution in [0.4, 0.5) is 0 Å². The zero-order valence-corrected chi connectivity index (χ0v) is 26.8. The molecule has 2 aromatic rings. The highest BCUT2D eigenvalue weighted by Crippen LogP contribution is 2.61. The van der Waals surface area contributed by atoms with E-state index in [4.69, 9.17) is 57.9 Å². The molecular weight excluding hydrogens is 642 g/mol. The van der Waals surface area contributed by atoms with Crippen molar-refractivity contribution in [3.63, 3.8) is 0 Å². The highest BCUT2D eigenvalue weighted by Gasteiger charge is 2.43. The minimum absolute atomic E-state index is 0.154. The Morgan fingerprint density at radius 2 is 1.27 bits per heavy atom. The van der Waals surface area contributed by atoms with Gasteiger partial charge in [-0.2, -0.15) is 0 Å². The number of nitrogens with zero attached hydrogens (tertiary/aromatic N) is 3. The molecule has 0 saturated carbocycles. The SMILES string of the molecule is [2H]C([2H])(O)C([2H])([2H])NC([2H])([2H])C([2H])([2H])O.[2H]C1([2H])CCN(C(C)c2ccccc2)P(=O)(Cl)O1.[2H]C1([2H])CCN(C(C)c2ccccc2)P(=O)(N(C([2H])([2H])C([2H])([2H])O)C([2H])([2H])C([2H])([2H])O)O1. The minimum Gasteiger partial charge on any atom is -0.395 e. The Bertz CT molecular complexity index is 1930. The number of halogens is 1. The van der Waals surface area contributed by atoms with Gasteiger partial charge in [0, 0.05) is 62.1 Å². The van der Waals surface area contributed by atoms with E-state index in [2.05, 4.69) is 0 Å². The number of hydrogen-bond donors (Lipinski definition) is 5. The Balaban J connectivity index is 0.000000371. The van der Waals surface area contributed by atoms with Crippen LogP contribution in [0.15, 0.2) is 60.7 Å². The first-order chi connectivity index (χ1) is 28.7. The smallest absolute Gasteiger partial charge is 0.363 e. The van der Waals surface area contributed by atoms with Crippen LogP contribution in [0.1, 0.15) is 77.3 Å². The summed E-state index contributed by atoms with van der Waals surface area (Å²) in [6, 6.07) is 16.6. The van der Waals surface area contributed by atoms with Crippen LogP contribution in [0.3, 0.4) is 0 Å². The maximum atomic E-state index is 14.2. The molecule has 2 aliphatic heterocycles. The predicted octanol–water partition coefficient (Wildman–Crippen LogP) is 4.24. The van der Waals surface area contributed by atoms with Crippen LogP contribution in [0.25, 0.3) is 0 Å². The fourth-order valence-corrected chi connectivity index (χ4v) is 7.99. The van der Waals surface area contributed by atoms with Gasteiger partial charge in [0.1, 0.15) is 0 Å². The molecule has 2 fully saturated rings. The van der Waals surface area contributed by atoms with E-state index in [1.165, 1.54) is 16.9 Å². The van der Waals surface area contributed by atoms with Crippen LogP contribution in [-0.4, -0.2) is 113 Å². The third kappa shape index (κ3) is 12.7.